The average molecular weight is 551 g/mol. The number of nitrogens with zero attached hydrogens (tertiary/aromatic N) is 2. The van der Waals surface area contributed by atoms with E-state index in [9.17, 15) is 9.59 Å². The van der Waals surface area contributed by atoms with Crippen LogP contribution in [0.25, 0.3) is 10.9 Å². The van der Waals surface area contributed by atoms with Gasteiger partial charge in [0.1, 0.15) is 11.2 Å². The molecule has 4 rings (SSSR count). The highest BCUT2D eigenvalue weighted by atomic mass is 16.6. The van der Waals surface area contributed by atoms with E-state index >= 15 is 0 Å². The van der Waals surface area contributed by atoms with Crippen LogP contribution < -0.4 is 9.47 Å². The van der Waals surface area contributed by atoms with Crippen molar-refractivity contribution in [3.05, 3.63) is 58.8 Å². The summed E-state index contributed by atoms with van der Waals surface area (Å²) in [6, 6.07) is 12.1. The van der Waals surface area contributed by atoms with Crippen LogP contribution in [0.15, 0.2) is 36.4 Å². The van der Waals surface area contributed by atoms with Gasteiger partial charge >= 0.3 is 12.2 Å². The summed E-state index contributed by atoms with van der Waals surface area (Å²) in [6.07, 6.45) is 1.95. The van der Waals surface area contributed by atoms with Crippen molar-refractivity contribution in [2.24, 2.45) is 0 Å². The molecule has 8 nitrogen and oxygen atoms in total. The van der Waals surface area contributed by atoms with E-state index in [1.807, 2.05) is 65.8 Å². The van der Waals surface area contributed by atoms with Gasteiger partial charge in [-0.15, -0.1) is 0 Å². The molecule has 0 N–H and O–H groups in total. The molecule has 1 atom stereocenters. The number of ether oxygens (including phenoxy) is 4. The Balaban J connectivity index is 1.74. The Morgan fingerprint density at radius 3 is 2.15 bits per heavy atom. The maximum atomic E-state index is 13.4. The number of aromatic nitrogens is 1. The van der Waals surface area contributed by atoms with Gasteiger partial charge in [-0.2, -0.15) is 0 Å². The van der Waals surface area contributed by atoms with Gasteiger partial charge in [-0.1, -0.05) is 12.1 Å². The number of amides is 1. The Labute approximate surface area is 237 Å². The van der Waals surface area contributed by atoms with E-state index in [2.05, 4.69) is 12.1 Å². The van der Waals surface area contributed by atoms with E-state index in [0.717, 1.165) is 39.7 Å². The van der Waals surface area contributed by atoms with Gasteiger partial charge in [-0.05, 0) is 108 Å². The van der Waals surface area contributed by atoms with Crippen molar-refractivity contribution < 1.29 is 28.5 Å². The molecule has 0 fully saturated rings. The fourth-order valence-corrected chi connectivity index (χ4v) is 5.25. The molecule has 1 aliphatic carbocycles. The quantitative estimate of drug-likeness (QED) is 0.349. The van der Waals surface area contributed by atoms with Gasteiger partial charge in [-0.25, -0.2) is 14.2 Å². The summed E-state index contributed by atoms with van der Waals surface area (Å²) < 4.78 is 24.0. The van der Waals surface area contributed by atoms with Gasteiger partial charge in [-0.3, -0.25) is 0 Å². The molecular weight excluding hydrogens is 508 g/mol. The van der Waals surface area contributed by atoms with Crippen molar-refractivity contribution >= 4 is 23.1 Å². The molecule has 0 bridgehead atoms. The third kappa shape index (κ3) is 6.37. The van der Waals surface area contributed by atoms with E-state index in [4.69, 9.17) is 18.9 Å². The Hall–Kier alpha value is -3.68. The molecule has 1 heterocycles. The van der Waals surface area contributed by atoms with Crippen LogP contribution in [0.1, 0.15) is 70.3 Å². The second-order valence-corrected chi connectivity index (χ2v) is 12.4. The Morgan fingerprint density at radius 2 is 1.52 bits per heavy atom. The lowest BCUT2D eigenvalue weighted by Crippen LogP contribution is -2.43. The van der Waals surface area contributed by atoms with Crippen LogP contribution in [0, 0.1) is 0 Å². The molecule has 3 aromatic rings. The standard InChI is InChI=1S/C32H42N2O6/c1-31(2,3)39-29(35)33(7)22-12-14-26-24(19-22)23-17-20(16-21-11-15-27(37-8)28(18-21)38-9)10-13-25(23)34(26)30(36)40-32(4,5)6/h10-11,13,15,17-18,22H,12,14,16,19H2,1-9H3. The van der Waals surface area contributed by atoms with Crippen molar-refractivity contribution in [1.29, 1.82) is 0 Å². The summed E-state index contributed by atoms with van der Waals surface area (Å²) >= 11 is 0. The number of rotatable bonds is 5. The van der Waals surface area contributed by atoms with E-state index < -0.39 is 11.2 Å². The summed E-state index contributed by atoms with van der Waals surface area (Å²) in [7, 11) is 5.04. The first-order valence-corrected chi connectivity index (χ1v) is 13.8. The molecule has 216 valence electrons. The first-order chi connectivity index (χ1) is 18.7. The van der Waals surface area contributed by atoms with Crippen LogP contribution >= 0.6 is 0 Å². The van der Waals surface area contributed by atoms with Crippen LogP contribution in [0.5, 0.6) is 11.5 Å². The van der Waals surface area contributed by atoms with Crippen molar-refractivity contribution in [3.8, 4) is 11.5 Å². The molecule has 0 saturated carbocycles. The highest BCUT2D eigenvalue weighted by Gasteiger charge is 2.34. The Bertz CT molecular complexity index is 1410. The van der Waals surface area contributed by atoms with Crippen molar-refractivity contribution in [2.75, 3.05) is 21.3 Å². The monoisotopic (exact) mass is 550 g/mol. The zero-order valence-corrected chi connectivity index (χ0v) is 25.2. The molecule has 0 saturated heterocycles. The summed E-state index contributed by atoms with van der Waals surface area (Å²) in [6.45, 7) is 11.2. The third-order valence-corrected chi connectivity index (χ3v) is 7.06. The van der Waals surface area contributed by atoms with Gasteiger partial charge in [0.15, 0.2) is 11.5 Å². The number of carbonyl (C=O) groups excluding carboxylic acids is 2. The van der Waals surface area contributed by atoms with Crippen molar-refractivity contribution in [1.82, 2.24) is 9.47 Å². The summed E-state index contributed by atoms with van der Waals surface area (Å²) in [5.74, 6) is 1.37. The number of hydrogen-bond donors (Lipinski definition) is 0. The smallest absolute Gasteiger partial charge is 0.419 e. The largest absolute Gasteiger partial charge is 0.493 e. The molecule has 0 aliphatic heterocycles. The van der Waals surface area contributed by atoms with E-state index in [1.54, 1.807) is 30.7 Å². The van der Waals surface area contributed by atoms with E-state index in [-0.39, 0.29) is 18.2 Å². The maximum Gasteiger partial charge on any atom is 0.419 e. The molecule has 2 aromatic carbocycles. The van der Waals surface area contributed by atoms with Crippen LogP contribution in [-0.4, -0.2) is 60.2 Å². The molecule has 1 aliphatic rings. The molecule has 0 radical (unpaired) electrons. The van der Waals surface area contributed by atoms with Gasteiger partial charge in [0.25, 0.3) is 0 Å². The predicted octanol–water partition coefficient (Wildman–Crippen LogP) is 6.76. The Morgan fingerprint density at radius 1 is 0.900 bits per heavy atom. The van der Waals surface area contributed by atoms with Crippen LogP contribution in [0.3, 0.4) is 0 Å². The minimum absolute atomic E-state index is 0.0467. The highest BCUT2D eigenvalue weighted by molar-refractivity contribution is 5.94. The first kappa shape index (κ1) is 29.3. The first-order valence-electron chi connectivity index (χ1n) is 13.8. The van der Waals surface area contributed by atoms with Gasteiger partial charge < -0.3 is 23.8 Å². The number of hydrogen-bond acceptors (Lipinski definition) is 6. The fraction of sp³-hybridized carbons (Fsp3) is 0.500. The third-order valence-electron chi connectivity index (χ3n) is 7.06. The maximum absolute atomic E-state index is 13.4. The van der Waals surface area contributed by atoms with Crippen molar-refractivity contribution in [3.63, 3.8) is 0 Å². The minimum Gasteiger partial charge on any atom is -0.493 e. The lowest BCUT2D eigenvalue weighted by atomic mass is 9.90. The number of carbonyl (C=O) groups is 2. The van der Waals surface area contributed by atoms with E-state index in [0.29, 0.717) is 30.8 Å². The molecule has 0 spiro atoms. The number of methoxy groups -OCH3 is 2. The molecular formula is C32H42N2O6. The zero-order chi connectivity index (χ0) is 29.4. The summed E-state index contributed by atoms with van der Waals surface area (Å²) in [5.41, 5.74) is 3.82. The van der Waals surface area contributed by atoms with Gasteiger partial charge in [0.2, 0.25) is 0 Å². The number of benzene rings is 2. The molecule has 1 amide bonds. The summed E-state index contributed by atoms with van der Waals surface area (Å²) in [5, 5.41) is 1.00. The van der Waals surface area contributed by atoms with Crippen molar-refractivity contribution in [2.45, 2.75) is 84.5 Å². The normalized spacial score (nSPS) is 15.4. The summed E-state index contributed by atoms with van der Waals surface area (Å²) in [4.78, 5) is 28.0. The molecule has 40 heavy (non-hydrogen) atoms. The van der Waals surface area contributed by atoms with Crippen LogP contribution in [-0.2, 0) is 28.7 Å². The second-order valence-electron chi connectivity index (χ2n) is 12.4. The minimum atomic E-state index is -0.623. The van der Waals surface area contributed by atoms with Crippen LogP contribution in [0.4, 0.5) is 9.59 Å². The van der Waals surface area contributed by atoms with Gasteiger partial charge in [0.05, 0.1) is 19.7 Å². The molecule has 1 aromatic heterocycles. The lowest BCUT2D eigenvalue weighted by molar-refractivity contribution is 0.0207. The predicted molar refractivity (Wildman–Crippen MR) is 156 cm³/mol. The zero-order valence-electron chi connectivity index (χ0n) is 25.2. The van der Waals surface area contributed by atoms with Crippen LogP contribution in [0.2, 0.25) is 0 Å². The second kappa shape index (κ2) is 11.1. The number of fused-ring (bicyclic) bond motifs is 3. The topological polar surface area (TPSA) is 79.2 Å². The number of likely N-dealkylation sites (N-methyl/N-ethyl adjacent to an activating group) is 1. The Kier molecular flexibility index (Phi) is 8.11. The average Bonchev–Trinajstić information content (AvgIpc) is 3.19. The SMILES string of the molecule is COc1ccc(Cc2ccc3c(c2)c2c(n3C(=O)OC(C)(C)C)CCC(N(C)C(=O)OC(C)(C)C)C2)cc1OC. The van der Waals surface area contributed by atoms with E-state index in [1.165, 1.54) is 0 Å². The highest BCUT2D eigenvalue weighted by Crippen LogP contribution is 2.36. The van der Waals surface area contributed by atoms with Gasteiger partial charge in [0, 0.05) is 24.2 Å². The lowest BCUT2D eigenvalue weighted by Gasteiger charge is -2.33. The fourth-order valence-electron chi connectivity index (χ4n) is 5.25. The molecule has 8 heteroatoms. The molecule has 1 unspecified atom stereocenters.